The average molecular weight is 225 g/mol. The summed E-state index contributed by atoms with van der Waals surface area (Å²) in [6.07, 6.45) is 0. The maximum absolute atomic E-state index is 11.6. The van der Waals surface area contributed by atoms with Gasteiger partial charge in [-0.05, 0) is 12.5 Å². The highest BCUT2D eigenvalue weighted by atomic mass is 16.4. The third-order valence-corrected chi connectivity index (χ3v) is 1.93. The van der Waals surface area contributed by atoms with Gasteiger partial charge in [-0.3, -0.25) is 19.0 Å². The first-order valence-electron chi connectivity index (χ1n) is 4.22. The van der Waals surface area contributed by atoms with Gasteiger partial charge in [0.2, 0.25) is 5.88 Å². The van der Waals surface area contributed by atoms with Gasteiger partial charge in [0.25, 0.3) is 11.5 Å². The molecule has 0 atom stereocenters. The molecule has 0 spiro atoms. The number of rotatable bonds is 3. The van der Waals surface area contributed by atoms with Crippen molar-refractivity contribution in [1.82, 2.24) is 4.57 Å². The van der Waals surface area contributed by atoms with Gasteiger partial charge in [0, 0.05) is 0 Å². The van der Waals surface area contributed by atoms with E-state index in [0.717, 1.165) is 0 Å². The Bertz CT molecular complexity index is 517. The molecule has 0 saturated heterocycles. The number of nitrogens with zero attached hydrogens (tertiary/aromatic N) is 1. The summed E-state index contributed by atoms with van der Waals surface area (Å²) in [4.78, 5) is 33.0. The summed E-state index contributed by atoms with van der Waals surface area (Å²) in [6.45, 7) is 0.605. The first kappa shape index (κ1) is 11.8. The third kappa shape index (κ3) is 2.02. The fourth-order valence-electron chi connectivity index (χ4n) is 1.26. The van der Waals surface area contributed by atoms with Crippen molar-refractivity contribution in [3.05, 3.63) is 27.5 Å². The molecule has 0 saturated carbocycles. The van der Waals surface area contributed by atoms with Crippen LogP contribution in [0.15, 0.2) is 4.79 Å². The Labute approximate surface area is 89.7 Å². The van der Waals surface area contributed by atoms with Crippen LogP contribution in [0.25, 0.3) is 0 Å². The number of pyridine rings is 1. The zero-order valence-corrected chi connectivity index (χ0v) is 8.35. The fraction of sp³-hybridized carbons (Fsp3) is 0.222. The quantitative estimate of drug-likeness (QED) is 0.599. The summed E-state index contributed by atoms with van der Waals surface area (Å²) >= 11 is 0. The molecular formula is C9H9N2O5. The lowest BCUT2D eigenvalue weighted by Crippen LogP contribution is -2.32. The number of hydrogen-bond acceptors (Lipinski definition) is 4. The third-order valence-electron chi connectivity index (χ3n) is 1.93. The smallest absolute Gasteiger partial charge is 0.323 e. The Hall–Kier alpha value is -2.31. The Balaban J connectivity index is 3.51. The van der Waals surface area contributed by atoms with Crippen LogP contribution in [0.5, 0.6) is 5.88 Å². The SMILES string of the molecule is Cc1[c]c(O)n(CC(=O)O)c(=O)c1C(N)=O. The Morgan fingerprint density at radius 1 is 1.50 bits per heavy atom. The van der Waals surface area contributed by atoms with Crippen LogP contribution in [-0.2, 0) is 11.3 Å². The molecule has 0 unspecified atom stereocenters. The van der Waals surface area contributed by atoms with Crippen LogP contribution in [-0.4, -0.2) is 26.7 Å². The average Bonchev–Trinajstić information content (AvgIpc) is 2.10. The predicted octanol–water partition coefficient (Wildman–Crippen LogP) is -1.15. The second kappa shape index (κ2) is 4.05. The van der Waals surface area contributed by atoms with E-state index in [9.17, 15) is 19.5 Å². The minimum Gasteiger partial charge on any atom is -0.494 e. The van der Waals surface area contributed by atoms with E-state index in [1.807, 2.05) is 0 Å². The van der Waals surface area contributed by atoms with Crippen LogP contribution >= 0.6 is 0 Å². The molecule has 0 aliphatic carbocycles. The lowest BCUT2D eigenvalue weighted by Gasteiger charge is -2.08. The number of primary amides is 1. The van der Waals surface area contributed by atoms with Gasteiger partial charge in [0.05, 0.1) is 6.07 Å². The van der Waals surface area contributed by atoms with Crippen LogP contribution in [0.4, 0.5) is 0 Å². The van der Waals surface area contributed by atoms with Crippen LogP contribution in [0.1, 0.15) is 15.9 Å². The zero-order chi connectivity index (χ0) is 12.5. The first-order valence-corrected chi connectivity index (χ1v) is 4.22. The molecule has 7 heteroatoms. The highest BCUT2D eigenvalue weighted by Crippen LogP contribution is 2.10. The molecule has 4 N–H and O–H groups in total. The van der Waals surface area contributed by atoms with Gasteiger partial charge in [-0.25, -0.2) is 0 Å². The van der Waals surface area contributed by atoms with Gasteiger partial charge in [0.1, 0.15) is 12.1 Å². The topological polar surface area (TPSA) is 123 Å². The van der Waals surface area contributed by atoms with Crippen LogP contribution in [0.2, 0.25) is 0 Å². The zero-order valence-electron chi connectivity index (χ0n) is 8.35. The summed E-state index contributed by atoms with van der Waals surface area (Å²) in [5.74, 6) is -2.96. The van der Waals surface area contributed by atoms with E-state index in [-0.39, 0.29) is 11.1 Å². The maximum Gasteiger partial charge on any atom is 0.323 e. The molecule has 1 radical (unpaired) electrons. The van der Waals surface area contributed by atoms with Crippen molar-refractivity contribution in [3.63, 3.8) is 0 Å². The van der Waals surface area contributed by atoms with E-state index in [2.05, 4.69) is 6.07 Å². The van der Waals surface area contributed by atoms with Crippen molar-refractivity contribution >= 4 is 11.9 Å². The molecule has 16 heavy (non-hydrogen) atoms. The number of carbonyl (C=O) groups is 2. The summed E-state index contributed by atoms with van der Waals surface area (Å²) in [5, 5.41) is 17.8. The van der Waals surface area contributed by atoms with Crippen molar-refractivity contribution in [2.45, 2.75) is 13.5 Å². The molecular weight excluding hydrogens is 216 g/mol. The molecule has 1 aromatic rings. The summed E-state index contributed by atoms with van der Waals surface area (Å²) < 4.78 is 0.509. The molecule has 0 aromatic carbocycles. The number of nitrogens with two attached hydrogens (primary N) is 1. The van der Waals surface area contributed by atoms with E-state index in [4.69, 9.17) is 10.8 Å². The normalized spacial score (nSPS) is 10.1. The van der Waals surface area contributed by atoms with Gasteiger partial charge in [-0.2, -0.15) is 0 Å². The van der Waals surface area contributed by atoms with Gasteiger partial charge in [0.15, 0.2) is 0 Å². The standard InChI is InChI=1S/C9H9N2O5/c1-4-2-5(12)11(3-6(13)14)9(16)7(4)8(10)15/h12H,3H2,1H3,(H2,10,15)(H,13,14). The monoisotopic (exact) mass is 225 g/mol. The molecule has 0 aliphatic rings. The van der Waals surface area contributed by atoms with E-state index >= 15 is 0 Å². The van der Waals surface area contributed by atoms with Crippen molar-refractivity contribution in [2.75, 3.05) is 0 Å². The van der Waals surface area contributed by atoms with Crippen molar-refractivity contribution in [2.24, 2.45) is 5.73 Å². The number of carboxylic acid groups (broad SMARTS) is 1. The van der Waals surface area contributed by atoms with E-state index < -0.39 is 29.9 Å². The molecule has 85 valence electrons. The van der Waals surface area contributed by atoms with E-state index in [0.29, 0.717) is 4.57 Å². The first-order chi connectivity index (χ1) is 7.34. The number of aromatic hydroxyl groups is 1. The number of aliphatic carboxylic acids is 1. The van der Waals surface area contributed by atoms with E-state index in [1.165, 1.54) is 6.92 Å². The van der Waals surface area contributed by atoms with E-state index in [1.54, 1.807) is 0 Å². The molecule has 1 amide bonds. The number of amides is 1. The number of aromatic nitrogens is 1. The van der Waals surface area contributed by atoms with Crippen LogP contribution in [0, 0.1) is 13.0 Å². The lowest BCUT2D eigenvalue weighted by atomic mass is 10.1. The second-order valence-electron chi connectivity index (χ2n) is 3.10. The Kier molecular flexibility index (Phi) is 2.98. The van der Waals surface area contributed by atoms with Crippen LogP contribution < -0.4 is 11.3 Å². The second-order valence-corrected chi connectivity index (χ2v) is 3.10. The molecule has 1 aromatic heterocycles. The van der Waals surface area contributed by atoms with Gasteiger partial charge in [-0.15, -0.1) is 0 Å². The highest BCUT2D eigenvalue weighted by molar-refractivity contribution is 5.93. The largest absolute Gasteiger partial charge is 0.494 e. The Morgan fingerprint density at radius 2 is 2.06 bits per heavy atom. The number of carboxylic acids is 1. The lowest BCUT2D eigenvalue weighted by molar-refractivity contribution is -0.137. The number of carbonyl (C=O) groups excluding carboxylic acids is 1. The summed E-state index contributed by atoms with van der Waals surface area (Å²) in [5.41, 5.74) is 3.73. The maximum atomic E-state index is 11.6. The molecule has 0 bridgehead atoms. The molecule has 0 aliphatic heterocycles. The van der Waals surface area contributed by atoms with Gasteiger partial charge in [-0.1, -0.05) is 0 Å². The minimum atomic E-state index is -1.33. The van der Waals surface area contributed by atoms with Crippen molar-refractivity contribution in [3.8, 4) is 5.88 Å². The fourth-order valence-corrected chi connectivity index (χ4v) is 1.26. The van der Waals surface area contributed by atoms with Crippen molar-refractivity contribution in [1.29, 1.82) is 0 Å². The summed E-state index contributed by atoms with van der Waals surface area (Å²) in [7, 11) is 0. The molecule has 1 rings (SSSR count). The predicted molar refractivity (Wildman–Crippen MR) is 52.1 cm³/mol. The van der Waals surface area contributed by atoms with Gasteiger partial charge >= 0.3 is 5.97 Å². The van der Waals surface area contributed by atoms with Crippen LogP contribution in [0.3, 0.4) is 0 Å². The number of hydrogen-bond donors (Lipinski definition) is 3. The Morgan fingerprint density at radius 3 is 2.50 bits per heavy atom. The minimum absolute atomic E-state index is 0.0802. The molecule has 0 fully saturated rings. The van der Waals surface area contributed by atoms with Gasteiger partial charge < -0.3 is 15.9 Å². The molecule has 7 nitrogen and oxygen atoms in total. The van der Waals surface area contributed by atoms with Crippen molar-refractivity contribution < 1.29 is 19.8 Å². The molecule has 1 heterocycles. The number of aryl methyl sites for hydroxylation is 1. The summed E-state index contributed by atoms with van der Waals surface area (Å²) in [6, 6.07) is 2.29. The highest BCUT2D eigenvalue weighted by Gasteiger charge is 2.17.